The summed E-state index contributed by atoms with van der Waals surface area (Å²) in [6.07, 6.45) is 1.43. The van der Waals surface area contributed by atoms with Crippen LogP contribution >= 0.6 is 0 Å². The van der Waals surface area contributed by atoms with Gasteiger partial charge in [0.25, 0.3) is 5.91 Å². The molecule has 5 nitrogen and oxygen atoms in total. The molecule has 0 atom stereocenters. The summed E-state index contributed by atoms with van der Waals surface area (Å²) in [5, 5.41) is 5.46. The lowest BCUT2D eigenvalue weighted by Crippen LogP contribution is -2.15. The molecule has 0 unspecified atom stereocenters. The first-order valence-corrected chi connectivity index (χ1v) is 7.44. The van der Waals surface area contributed by atoms with Crippen LogP contribution in [0.25, 0.3) is 0 Å². The summed E-state index contributed by atoms with van der Waals surface area (Å²) in [7, 11) is 0. The Morgan fingerprint density at radius 3 is 2.40 bits per heavy atom. The zero-order chi connectivity index (χ0) is 17.8. The third-order valence-electron chi connectivity index (χ3n) is 3.37. The molecular weight excluding hydrogens is 326 g/mol. The van der Waals surface area contributed by atoms with Crippen LogP contribution in [-0.4, -0.2) is 15.9 Å². The van der Waals surface area contributed by atoms with Crippen LogP contribution in [0.4, 0.5) is 26.1 Å². The summed E-state index contributed by atoms with van der Waals surface area (Å²) in [5.41, 5.74) is 2.12. The average Bonchev–Trinajstić information content (AvgIpc) is 2.60. The predicted molar refractivity (Wildman–Crippen MR) is 90.8 cm³/mol. The van der Waals surface area contributed by atoms with Crippen LogP contribution < -0.4 is 10.6 Å². The quantitative estimate of drug-likeness (QED) is 0.752. The van der Waals surface area contributed by atoms with Crippen molar-refractivity contribution in [3.8, 4) is 0 Å². The first kappa shape index (κ1) is 16.5. The molecule has 25 heavy (non-hydrogen) atoms. The largest absolute Gasteiger partial charge is 0.324 e. The zero-order valence-electron chi connectivity index (χ0n) is 13.3. The van der Waals surface area contributed by atoms with Crippen molar-refractivity contribution < 1.29 is 13.6 Å². The van der Waals surface area contributed by atoms with Gasteiger partial charge < -0.3 is 10.6 Å². The summed E-state index contributed by atoms with van der Waals surface area (Å²) in [6.45, 7) is 1.98. The molecule has 0 aliphatic rings. The van der Waals surface area contributed by atoms with Crippen molar-refractivity contribution in [3.63, 3.8) is 0 Å². The van der Waals surface area contributed by atoms with Crippen molar-refractivity contribution in [2.75, 3.05) is 10.6 Å². The van der Waals surface area contributed by atoms with E-state index in [9.17, 15) is 13.6 Å². The number of rotatable bonds is 4. The Kier molecular flexibility index (Phi) is 4.65. The molecule has 7 heteroatoms. The first-order chi connectivity index (χ1) is 12.0. The average molecular weight is 340 g/mol. The van der Waals surface area contributed by atoms with Gasteiger partial charge in [0.1, 0.15) is 5.69 Å². The van der Waals surface area contributed by atoms with Gasteiger partial charge in [-0.15, -0.1) is 0 Å². The van der Waals surface area contributed by atoms with Gasteiger partial charge in [0.15, 0.2) is 11.6 Å². The van der Waals surface area contributed by atoms with Crippen molar-refractivity contribution in [1.82, 2.24) is 9.97 Å². The molecule has 1 amide bonds. The van der Waals surface area contributed by atoms with E-state index in [1.807, 2.05) is 31.2 Å². The maximum Gasteiger partial charge on any atom is 0.274 e. The number of hydrogen-bond donors (Lipinski definition) is 2. The topological polar surface area (TPSA) is 66.9 Å². The van der Waals surface area contributed by atoms with E-state index in [4.69, 9.17) is 0 Å². The number of hydrogen-bond acceptors (Lipinski definition) is 4. The number of nitrogens with one attached hydrogen (secondary N) is 2. The Labute approximate surface area is 142 Å². The summed E-state index contributed by atoms with van der Waals surface area (Å²) < 4.78 is 26.1. The number of benzene rings is 2. The van der Waals surface area contributed by atoms with E-state index in [1.54, 1.807) is 0 Å². The third-order valence-corrected chi connectivity index (χ3v) is 3.37. The summed E-state index contributed by atoms with van der Waals surface area (Å²) in [6, 6.07) is 12.1. The molecule has 0 spiro atoms. The number of nitrogens with zero attached hydrogens (tertiary/aromatic N) is 2. The minimum atomic E-state index is -1.04. The van der Waals surface area contributed by atoms with Gasteiger partial charge in [-0.25, -0.2) is 18.7 Å². The van der Waals surface area contributed by atoms with E-state index in [2.05, 4.69) is 20.6 Å². The van der Waals surface area contributed by atoms with Crippen LogP contribution in [0.15, 0.2) is 54.7 Å². The lowest BCUT2D eigenvalue weighted by molar-refractivity contribution is 0.102. The van der Waals surface area contributed by atoms with E-state index in [1.165, 1.54) is 18.3 Å². The molecule has 0 radical (unpaired) electrons. The van der Waals surface area contributed by atoms with Crippen molar-refractivity contribution in [2.45, 2.75) is 6.92 Å². The molecule has 126 valence electrons. The number of halogens is 2. The second-order valence-electron chi connectivity index (χ2n) is 5.34. The van der Waals surface area contributed by atoms with Crippen LogP contribution in [0.5, 0.6) is 0 Å². The van der Waals surface area contributed by atoms with Gasteiger partial charge in [-0.05, 0) is 37.3 Å². The van der Waals surface area contributed by atoms with Crippen molar-refractivity contribution in [1.29, 1.82) is 0 Å². The molecule has 2 aromatic carbocycles. The molecule has 2 N–H and O–H groups in total. The maximum absolute atomic E-state index is 13.2. The number of aromatic nitrogens is 2. The SMILES string of the molecule is Cc1ccc(Nc2nccc(C(=O)Nc3ccc(F)c(F)c3)n2)cc1. The highest BCUT2D eigenvalue weighted by Crippen LogP contribution is 2.16. The Morgan fingerprint density at radius 1 is 0.960 bits per heavy atom. The smallest absolute Gasteiger partial charge is 0.274 e. The maximum atomic E-state index is 13.2. The molecule has 1 heterocycles. The Bertz CT molecular complexity index is 913. The first-order valence-electron chi connectivity index (χ1n) is 7.44. The molecule has 0 saturated heterocycles. The molecule has 0 fully saturated rings. The number of aryl methyl sites for hydroxylation is 1. The number of carbonyl (C=O) groups is 1. The molecule has 0 aliphatic heterocycles. The van der Waals surface area contributed by atoms with Crippen molar-refractivity contribution in [2.24, 2.45) is 0 Å². The van der Waals surface area contributed by atoms with Gasteiger partial charge in [-0.1, -0.05) is 17.7 Å². The second-order valence-corrected chi connectivity index (χ2v) is 5.34. The highest BCUT2D eigenvalue weighted by Gasteiger charge is 2.11. The third kappa shape index (κ3) is 4.14. The molecule has 1 aromatic heterocycles. The predicted octanol–water partition coefficient (Wildman–Crippen LogP) is 4.06. The lowest BCUT2D eigenvalue weighted by Gasteiger charge is -2.08. The zero-order valence-corrected chi connectivity index (χ0v) is 13.3. The van der Waals surface area contributed by atoms with E-state index in [-0.39, 0.29) is 17.3 Å². The van der Waals surface area contributed by atoms with E-state index in [0.717, 1.165) is 23.4 Å². The molecule has 0 bridgehead atoms. The highest BCUT2D eigenvalue weighted by molar-refractivity contribution is 6.03. The Hall–Kier alpha value is -3.35. The van der Waals surface area contributed by atoms with Crippen LogP contribution in [0.1, 0.15) is 16.1 Å². The highest BCUT2D eigenvalue weighted by atomic mass is 19.2. The van der Waals surface area contributed by atoms with E-state index in [0.29, 0.717) is 0 Å². The van der Waals surface area contributed by atoms with Crippen LogP contribution in [0.2, 0.25) is 0 Å². The van der Waals surface area contributed by atoms with Crippen molar-refractivity contribution >= 4 is 23.2 Å². The lowest BCUT2D eigenvalue weighted by atomic mass is 10.2. The number of carbonyl (C=O) groups excluding carboxylic acids is 1. The van der Waals surface area contributed by atoms with Gasteiger partial charge in [0, 0.05) is 23.6 Å². The second kappa shape index (κ2) is 7.04. The summed E-state index contributed by atoms with van der Waals surface area (Å²) in [4.78, 5) is 20.4. The van der Waals surface area contributed by atoms with Gasteiger partial charge in [-0.2, -0.15) is 0 Å². The monoisotopic (exact) mass is 340 g/mol. The van der Waals surface area contributed by atoms with Crippen LogP contribution in [-0.2, 0) is 0 Å². The molecule has 0 saturated carbocycles. The summed E-state index contributed by atoms with van der Waals surface area (Å²) in [5.74, 6) is -2.33. The van der Waals surface area contributed by atoms with Gasteiger partial charge >= 0.3 is 0 Å². The minimum Gasteiger partial charge on any atom is -0.324 e. The Balaban J connectivity index is 1.74. The normalized spacial score (nSPS) is 10.4. The molecule has 0 aliphatic carbocycles. The van der Waals surface area contributed by atoms with Gasteiger partial charge in [0.05, 0.1) is 0 Å². The molecule has 3 aromatic rings. The van der Waals surface area contributed by atoms with Gasteiger partial charge in [-0.3, -0.25) is 4.79 Å². The fourth-order valence-electron chi connectivity index (χ4n) is 2.08. The van der Waals surface area contributed by atoms with Gasteiger partial charge in [0.2, 0.25) is 5.95 Å². The fourth-order valence-corrected chi connectivity index (χ4v) is 2.08. The standard InChI is InChI=1S/C18H14F2N4O/c1-11-2-4-12(5-3-11)23-18-21-9-8-16(24-18)17(25)22-13-6-7-14(19)15(20)10-13/h2-10H,1H3,(H,22,25)(H,21,23,24). The molecular formula is C18H14F2N4O. The number of anilines is 3. The van der Waals surface area contributed by atoms with Crippen molar-refractivity contribution in [3.05, 3.63) is 77.6 Å². The van der Waals surface area contributed by atoms with Crippen LogP contribution in [0.3, 0.4) is 0 Å². The number of amides is 1. The van der Waals surface area contributed by atoms with Crippen LogP contribution in [0, 0.1) is 18.6 Å². The fraction of sp³-hybridized carbons (Fsp3) is 0.0556. The van der Waals surface area contributed by atoms with E-state index >= 15 is 0 Å². The summed E-state index contributed by atoms with van der Waals surface area (Å²) >= 11 is 0. The Morgan fingerprint density at radius 2 is 1.68 bits per heavy atom. The minimum absolute atomic E-state index is 0.0920. The van der Waals surface area contributed by atoms with E-state index < -0.39 is 17.5 Å². The molecule has 3 rings (SSSR count).